The molecule has 0 aliphatic heterocycles. The van der Waals surface area contributed by atoms with Crippen LogP contribution in [0.15, 0.2) is 6.33 Å². The number of carbonyl (C=O) groups is 1. The van der Waals surface area contributed by atoms with Gasteiger partial charge in [-0.3, -0.25) is 0 Å². The van der Waals surface area contributed by atoms with Gasteiger partial charge in [0, 0.05) is 13.5 Å². The molecule has 0 N–H and O–H groups in total. The minimum Gasteiger partial charge on any atom is -0.336 e. The van der Waals surface area contributed by atoms with Crippen molar-refractivity contribution < 1.29 is 4.79 Å². The first-order chi connectivity index (χ1) is 5.75. The Kier molecular flexibility index (Phi) is 3.29. The number of unbranched alkanes of at least 4 members (excludes halogenated alkanes) is 1. The number of aldehydes is 1. The van der Waals surface area contributed by atoms with Crippen molar-refractivity contribution in [2.45, 2.75) is 19.3 Å². The van der Waals surface area contributed by atoms with E-state index in [1.807, 2.05) is 11.6 Å². The molecule has 0 bridgehead atoms. The van der Waals surface area contributed by atoms with E-state index in [2.05, 4.69) is 4.98 Å². The molecule has 0 saturated heterocycles. The molecule has 66 valence electrons. The quantitative estimate of drug-likeness (QED) is 0.529. The molecule has 0 saturated carbocycles. The number of nitrogens with zero attached hydrogens (tertiary/aromatic N) is 2. The summed E-state index contributed by atoms with van der Waals surface area (Å²) in [4.78, 5) is 14.0. The Morgan fingerprint density at radius 3 is 3.00 bits per heavy atom. The second-order valence-electron chi connectivity index (χ2n) is 2.65. The van der Waals surface area contributed by atoms with Crippen LogP contribution in [-0.2, 0) is 18.3 Å². The minimum absolute atomic E-state index is 0.545. The minimum atomic E-state index is 0.545. The molecule has 4 heteroatoms. The maximum atomic E-state index is 10.0. The molecular formula is C8H11ClN2O. The van der Waals surface area contributed by atoms with Gasteiger partial charge in [-0.15, -0.1) is 0 Å². The number of aromatic nitrogens is 2. The Balaban J connectivity index is 2.55. The molecule has 0 spiro atoms. The van der Waals surface area contributed by atoms with Gasteiger partial charge in [0.05, 0.1) is 12.0 Å². The fourth-order valence-electron chi connectivity index (χ4n) is 1.06. The van der Waals surface area contributed by atoms with Crippen LogP contribution in [0.4, 0.5) is 0 Å². The normalized spacial score (nSPS) is 10.2. The second-order valence-corrected chi connectivity index (χ2v) is 3.01. The van der Waals surface area contributed by atoms with Gasteiger partial charge in [0.25, 0.3) is 0 Å². The molecule has 0 amide bonds. The number of aryl methyl sites for hydroxylation is 1. The van der Waals surface area contributed by atoms with E-state index in [9.17, 15) is 4.79 Å². The molecule has 1 aromatic heterocycles. The van der Waals surface area contributed by atoms with E-state index < -0.39 is 0 Å². The predicted octanol–water partition coefficient (Wildman–Crippen LogP) is 1.60. The van der Waals surface area contributed by atoms with Crippen molar-refractivity contribution >= 4 is 17.9 Å². The molecule has 3 nitrogen and oxygen atoms in total. The third-order valence-electron chi connectivity index (χ3n) is 1.74. The summed E-state index contributed by atoms with van der Waals surface area (Å²) in [5, 5.41) is 0.545. The highest BCUT2D eigenvalue weighted by molar-refractivity contribution is 6.30. The van der Waals surface area contributed by atoms with Crippen LogP contribution in [0.25, 0.3) is 0 Å². The summed E-state index contributed by atoms with van der Waals surface area (Å²) in [5.74, 6) is 0. The molecule has 0 fully saturated rings. The Bertz CT molecular complexity index is 251. The third kappa shape index (κ3) is 2.08. The van der Waals surface area contributed by atoms with Gasteiger partial charge in [-0.1, -0.05) is 11.6 Å². The Labute approximate surface area is 76.4 Å². The number of rotatable bonds is 4. The highest BCUT2D eigenvalue weighted by atomic mass is 35.5. The summed E-state index contributed by atoms with van der Waals surface area (Å²) in [6, 6.07) is 0. The molecule has 0 aliphatic carbocycles. The summed E-state index contributed by atoms with van der Waals surface area (Å²) in [5.41, 5.74) is 0.999. The van der Waals surface area contributed by atoms with Gasteiger partial charge in [0.1, 0.15) is 11.4 Å². The fourth-order valence-corrected chi connectivity index (χ4v) is 1.33. The lowest BCUT2D eigenvalue weighted by molar-refractivity contribution is -0.107. The van der Waals surface area contributed by atoms with E-state index in [1.165, 1.54) is 0 Å². The van der Waals surface area contributed by atoms with Crippen molar-refractivity contribution in [2.75, 3.05) is 0 Å². The Hall–Kier alpha value is -0.830. The zero-order chi connectivity index (χ0) is 8.97. The molecule has 0 radical (unpaired) electrons. The maximum absolute atomic E-state index is 10.0. The van der Waals surface area contributed by atoms with Crippen LogP contribution in [-0.4, -0.2) is 15.8 Å². The van der Waals surface area contributed by atoms with Crippen LogP contribution in [0.2, 0.25) is 5.15 Å². The van der Waals surface area contributed by atoms with Gasteiger partial charge in [0.15, 0.2) is 0 Å². The van der Waals surface area contributed by atoms with Crippen molar-refractivity contribution in [3.63, 3.8) is 0 Å². The molecular weight excluding hydrogens is 176 g/mol. The summed E-state index contributed by atoms with van der Waals surface area (Å²) in [6.45, 7) is 0. The van der Waals surface area contributed by atoms with Gasteiger partial charge in [-0.25, -0.2) is 4.98 Å². The molecule has 0 unspecified atom stereocenters. The standard InChI is InChI=1S/C8H11ClN2O/c1-11-6-10-8(9)7(11)4-2-3-5-12/h5-6H,2-4H2,1H3. The van der Waals surface area contributed by atoms with E-state index >= 15 is 0 Å². The van der Waals surface area contributed by atoms with Gasteiger partial charge < -0.3 is 9.36 Å². The van der Waals surface area contributed by atoms with Crippen molar-refractivity contribution in [3.8, 4) is 0 Å². The SMILES string of the molecule is Cn1cnc(Cl)c1CCCC=O. The number of halogens is 1. The monoisotopic (exact) mass is 186 g/mol. The van der Waals surface area contributed by atoms with E-state index in [-0.39, 0.29) is 0 Å². The molecule has 0 aliphatic rings. The van der Waals surface area contributed by atoms with Crippen molar-refractivity contribution in [3.05, 3.63) is 17.2 Å². The van der Waals surface area contributed by atoms with Crippen LogP contribution < -0.4 is 0 Å². The summed E-state index contributed by atoms with van der Waals surface area (Å²) in [7, 11) is 1.90. The number of hydrogen-bond donors (Lipinski definition) is 0. The van der Waals surface area contributed by atoms with Crippen LogP contribution in [0, 0.1) is 0 Å². The van der Waals surface area contributed by atoms with Gasteiger partial charge in [-0.2, -0.15) is 0 Å². The number of carbonyl (C=O) groups excluding carboxylic acids is 1. The van der Waals surface area contributed by atoms with E-state index in [4.69, 9.17) is 11.6 Å². The van der Waals surface area contributed by atoms with Gasteiger partial charge >= 0.3 is 0 Å². The predicted molar refractivity (Wildman–Crippen MR) is 47.2 cm³/mol. The lowest BCUT2D eigenvalue weighted by Crippen LogP contribution is -1.95. The third-order valence-corrected chi connectivity index (χ3v) is 2.06. The molecule has 12 heavy (non-hydrogen) atoms. The summed E-state index contributed by atoms with van der Waals surface area (Å²) in [6.07, 6.45) is 4.83. The lowest BCUT2D eigenvalue weighted by Gasteiger charge is -1.99. The highest BCUT2D eigenvalue weighted by Crippen LogP contribution is 2.14. The van der Waals surface area contributed by atoms with E-state index in [0.29, 0.717) is 11.6 Å². The lowest BCUT2D eigenvalue weighted by atomic mass is 10.2. The average molecular weight is 187 g/mol. The van der Waals surface area contributed by atoms with E-state index in [1.54, 1.807) is 6.33 Å². The molecule has 1 aromatic rings. The smallest absolute Gasteiger partial charge is 0.150 e. The zero-order valence-corrected chi connectivity index (χ0v) is 7.71. The van der Waals surface area contributed by atoms with Gasteiger partial charge in [0.2, 0.25) is 0 Å². The first-order valence-electron chi connectivity index (χ1n) is 3.85. The first-order valence-corrected chi connectivity index (χ1v) is 4.23. The molecule has 1 heterocycles. The van der Waals surface area contributed by atoms with E-state index in [0.717, 1.165) is 24.8 Å². The number of hydrogen-bond acceptors (Lipinski definition) is 2. The highest BCUT2D eigenvalue weighted by Gasteiger charge is 2.04. The largest absolute Gasteiger partial charge is 0.336 e. The topological polar surface area (TPSA) is 34.9 Å². The molecule has 0 atom stereocenters. The maximum Gasteiger partial charge on any atom is 0.150 e. The zero-order valence-electron chi connectivity index (χ0n) is 6.96. The van der Waals surface area contributed by atoms with Crippen molar-refractivity contribution in [1.29, 1.82) is 0 Å². The Morgan fingerprint density at radius 1 is 1.75 bits per heavy atom. The summed E-state index contributed by atoms with van der Waals surface area (Å²) < 4.78 is 1.88. The van der Waals surface area contributed by atoms with Crippen LogP contribution in [0.5, 0.6) is 0 Å². The van der Waals surface area contributed by atoms with Crippen molar-refractivity contribution in [2.24, 2.45) is 7.05 Å². The molecule has 0 aromatic carbocycles. The first kappa shape index (κ1) is 9.26. The van der Waals surface area contributed by atoms with Gasteiger partial charge in [-0.05, 0) is 12.8 Å². The van der Waals surface area contributed by atoms with Crippen molar-refractivity contribution in [1.82, 2.24) is 9.55 Å². The Morgan fingerprint density at radius 2 is 2.50 bits per heavy atom. The van der Waals surface area contributed by atoms with Crippen LogP contribution >= 0.6 is 11.6 Å². The fraction of sp³-hybridized carbons (Fsp3) is 0.500. The average Bonchev–Trinajstić information content (AvgIpc) is 2.35. The molecule has 1 rings (SSSR count). The number of imidazole rings is 1. The van der Waals surface area contributed by atoms with Crippen LogP contribution in [0.3, 0.4) is 0 Å². The second kappa shape index (κ2) is 4.26. The summed E-state index contributed by atoms with van der Waals surface area (Å²) >= 11 is 5.80. The van der Waals surface area contributed by atoms with Crippen LogP contribution in [0.1, 0.15) is 18.5 Å².